The first kappa shape index (κ1) is 29.4. The van der Waals surface area contributed by atoms with Crippen LogP contribution in [0.2, 0.25) is 5.02 Å². The molecule has 4 heterocycles. The Morgan fingerprint density at radius 3 is 2.68 bits per heavy atom. The molecule has 4 aromatic rings. The number of amides is 2. The topological polar surface area (TPSA) is 87.2 Å². The Kier molecular flexibility index (Phi) is 8.39. The molecule has 44 heavy (non-hydrogen) atoms. The van der Waals surface area contributed by atoms with Crippen molar-refractivity contribution in [3.8, 4) is 11.1 Å². The first-order valence-corrected chi connectivity index (χ1v) is 14.9. The van der Waals surface area contributed by atoms with Gasteiger partial charge in [0.15, 0.2) is 5.82 Å². The minimum absolute atomic E-state index is 0.0941. The smallest absolute Gasteiger partial charge is 0.247 e. The molecule has 7 nitrogen and oxygen atoms in total. The third-order valence-electron chi connectivity index (χ3n) is 8.17. The Morgan fingerprint density at radius 1 is 1.02 bits per heavy atom. The first-order valence-electron chi connectivity index (χ1n) is 14.5. The number of carbonyl (C=O) groups excluding carboxylic acids is 2. The molecule has 2 amide bonds. The van der Waals surface area contributed by atoms with Gasteiger partial charge in [-0.05, 0) is 78.9 Å². The molecule has 10 heteroatoms. The molecule has 6 rings (SSSR count). The molecular formula is C34H30ClF2N5O2. The monoisotopic (exact) mass is 613 g/mol. The highest BCUT2D eigenvalue weighted by molar-refractivity contribution is 6.31. The van der Waals surface area contributed by atoms with E-state index in [1.165, 1.54) is 6.08 Å². The molecule has 0 radical (unpaired) electrons. The highest BCUT2D eigenvalue weighted by Crippen LogP contribution is 2.38. The number of fused-ring (bicyclic) bond motifs is 4. The maximum Gasteiger partial charge on any atom is 0.247 e. The fourth-order valence-electron chi connectivity index (χ4n) is 5.83. The van der Waals surface area contributed by atoms with E-state index >= 15 is 0 Å². The Morgan fingerprint density at radius 2 is 1.89 bits per heavy atom. The third kappa shape index (κ3) is 6.05. The van der Waals surface area contributed by atoms with Gasteiger partial charge in [-0.15, -0.1) is 0 Å². The molecule has 2 bridgehead atoms. The van der Waals surface area contributed by atoms with Crippen LogP contribution in [-0.2, 0) is 9.59 Å². The number of hydrogen-bond acceptors (Lipinski definition) is 5. The number of rotatable bonds is 4. The van der Waals surface area contributed by atoms with Gasteiger partial charge in [0.1, 0.15) is 5.82 Å². The average molecular weight is 614 g/mol. The fraction of sp³-hybridized carbons (Fsp3) is 0.235. The predicted octanol–water partition coefficient (Wildman–Crippen LogP) is 7.93. The van der Waals surface area contributed by atoms with E-state index < -0.39 is 11.6 Å². The number of halogens is 3. The molecule has 0 spiro atoms. The zero-order valence-corrected chi connectivity index (χ0v) is 24.7. The van der Waals surface area contributed by atoms with Crippen molar-refractivity contribution in [3.63, 3.8) is 0 Å². The van der Waals surface area contributed by atoms with Crippen LogP contribution >= 0.6 is 11.6 Å². The average Bonchev–Trinajstić information content (AvgIpc) is 3.02. The minimum atomic E-state index is -0.871. The Balaban J connectivity index is 1.36. The lowest BCUT2D eigenvalue weighted by atomic mass is 9.92. The van der Waals surface area contributed by atoms with Crippen LogP contribution in [0.25, 0.3) is 16.7 Å². The maximum absolute atomic E-state index is 14.8. The van der Waals surface area contributed by atoms with Crippen LogP contribution < -0.4 is 10.6 Å². The van der Waals surface area contributed by atoms with Gasteiger partial charge >= 0.3 is 0 Å². The molecule has 224 valence electrons. The second-order valence-electron chi connectivity index (χ2n) is 11.1. The number of carbonyl (C=O) groups is 2. The van der Waals surface area contributed by atoms with Crippen molar-refractivity contribution in [2.24, 2.45) is 5.92 Å². The quantitative estimate of drug-likeness (QED) is 0.228. The summed E-state index contributed by atoms with van der Waals surface area (Å²) in [6.07, 6.45) is 8.51. The van der Waals surface area contributed by atoms with Crippen molar-refractivity contribution in [1.82, 2.24) is 14.9 Å². The normalized spacial score (nSPS) is 18.8. The number of aromatic nitrogens is 2. The SMILES string of the molecule is C[C@@H]1CCC[C@H](N2CCC(c3c(F)ccc(Cl)c3F)=CC2=O)c2cc(ccn2)-c2ccc(Nc3cccnc3)cc2NC1=O. The summed E-state index contributed by atoms with van der Waals surface area (Å²) < 4.78 is 29.4. The van der Waals surface area contributed by atoms with Crippen LogP contribution in [0.3, 0.4) is 0 Å². The van der Waals surface area contributed by atoms with Gasteiger partial charge in [0.25, 0.3) is 0 Å². The zero-order chi connectivity index (χ0) is 30.8. The van der Waals surface area contributed by atoms with Crippen LogP contribution in [0.4, 0.5) is 25.8 Å². The van der Waals surface area contributed by atoms with E-state index in [9.17, 15) is 18.4 Å². The largest absolute Gasteiger partial charge is 0.354 e. The molecule has 2 aromatic carbocycles. The summed E-state index contributed by atoms with van der Waals surface area (Å²) in [5.74, 6) is -2.36. The van der Waals surface area contributed by atoms with Crippen molar-refractivity contribution >= 4 is 46.1 Å². The van der Waals surface area contributed by atoms with E-state index in [0.29, 0.717) is 30.6 Å². The highest BCUT2D eigenvalue weighted by Gasteiger charge is 2.31. The van der Waals surface area contributed by atoms with Gasteiger partial charge < -0.3 is 15.5 Å². The molecule has 0 aliphatic carbocycles. The third-order valence-corrected chi connectivity index (χ3v) is 8.46. The summed E-state index contributed by atoms with van der Waals surface area (Å²) in [5, 5.41) is 6.25. The van der Waals surface area contributed by atoms with Gasteiger partial charge in [-0.25, -0.2) is 8.78 Å². The molecule has 2 aliphatic rings. The van der Waals surface area contributed by atoms with Crippen LogP contribution in [-0.4, -0.2) is 33.2 Å². The van der Waals surface area contributed by atoms with Gasteiger partial charge in [0.05, 0.1) is 39.9 Å². The second-order valence-corrected chi connectivity index (χ2v) is 11.5. The fourth-order valence-corrected chi connectivity index (χ4v) is 5.99. The number of nitrogens with one attached hydrogen (secondary N) is 2. The lowest BCUT2D eigenvalue weighted by molar-refractivity contribution is -0.129. The summed E-state index contributed by atoms with van der Waals surface area (Å²) in [4.78, 5) is 37.3. The van der Waals surface area contributed by atoms with Crippen molar-refractivity contribution in [2.75, 3.05) is 17.2 Å². The number of benzene rings is 2. The van der Waals surface area contributed by atoms with Gasteiger partial charge in [0, 0.05) is 42.2 Å². The summed E-state index contributed by atoms with van der Waals surface area (Å²) in [6.45, 7) is 2.14. The van der Waals surface area contributed by atoms with Crippen LogP contribution in [0, 0.1) is 17.6 Å². The molecule has 2 aliphatic heterocycles. The molecule has 0 fully saturated rings. The summed E-state index contributed by atoms with van der Waals surface area (Å²) in [6, 6.07) is 15.2. The first-order chi connectivity index (χ1) is 21.3. The van der Waals surface area contributed by atoms with Gasteiger partial charge in [-0.2, -0.15) is 0 Å². The number of hydrogen-bond donors (Lipinski definition) is 2. The van der Waals surface area contributed by atoms with Crippen LogP contribution in [0.5, 0.6) is 0 Å². The Labute approximate surface area is 259 Å². The summed E-state index contributed by atoms with van der Waals surface area (Å²) in [5.41, 5.74) is 4.61. The van der Waals surface area contributed by atoms with Gasteiger partial charge in [-0.3, -0.25) is 19.6 Å². The number of nitrogens with zero attached hydrogens (tertiary/aromatic N) is 3. The molecule has 0 saturated heterocycles. The standard InChI is InChI=1S/C34H30ClF2N5O2/c1-20-4-2-6-30(42-15-12-22(17-31(42)43)32-27(36)10-9-26(35)33(32)37)29-16-21(11-14-39-29)25-8-7-23(18-28(25)41-34(20)44)40-24-5-3-13-38-19-24/h3,5,7-11,13-14,16-20,30,40H,2,4,6,12,15H2,1H3,(H,41,44)/t20-,30+/m1/s1. The number of anilines is 3. The Hall–Kier alpha value is -4.63. The summed E-state index contributed by atoms with van der Waals surface area (Å²) in [7, 11) is 0. The zero-order valence-electron chi connectivity index (χ0n) is 24.0. The number of pyridine rings is 2. The molecule has 2 aromatic heterocycles. The molecule has 0 unspecified atom stereocenters. The highest BCUT2D eigenvalue weighted by atomic mass is 35.5. The van der Waals surface area contributed by atoms with Crippen molar-refractivity contribution in [1.29, 1.82) is 0 Å². The van der Waals surface area contributed by atoms with Crippen LogP contribution in [0.15, 0.2) is 79.3 Å². The van der Waals surface area contributed by atoms with Crippen molar-refractivity contribution in [3.05, 3.63) is 107 Å². The van der Waals surface area contributed by atoms with Gasteiger partial charge in [0.2, 0.25) is 11.8 Å². The maximum atomic E-state index is 14.8. The van der Waals surface area contributed by atoms with E-state index in [2.05, 4.69) is 20.6 Å². The van der Waals surface area contributed by atoms with E-state index in [0.717, 1.165) is 34.6 Å². The molecule has 0 saturated carbocycles. The minimum Gasteiger partial charge on any atom is -0.354 e. The summed E-state index contributed by atoms with van der Waals surface area (Å²) >= 11 is 5.91. The lowest BCUT2D eigenvalue weighted by Gasteiger charge is -2.34. The Bertz CT molecular complexity index is 1760. The molecule has 2 N–H and O–H groups in total. The van der Waals surface area contributed by atoms with E-state index in [1.54, 1.807) is 23.5 Å². The second kappa shape index (κ2) is 12.5. The molecule has 2 atom stereocenters. The molecular weight excluding hydrogens is 584 g/mol. The van der Waals surface area contributed by atoms with E-state index in [1.807, 2.05) is 49.4 Å². The van der Waals surface area contributed by atoms with Crippen molar-refractivity contribution in [2.45, 2.75) is 38.6 Å². The lowest BCUT2D eigenvalue weighted by Crippen LogP contribution is -2.38. The van der Waals surface area contributed by atoms with Crippen molar-refractivity contribution < 1.29 is 18.4 Å². The van der Waals surface area contributed by atoms with E-state index in [4.69, 9.17) is 11.6 Å². The van der Waals surface area contributed by atoms with E-state index in [-0.39, 0.29) is 52.9 Å². The predicted molar refractivity (Wildman–Crippen MR) is 167 cm³/mol. The van der Waals surface area contributed by atoms with Crippen LogP contribution in [0.1, 0.15) is 49.9 Å². The van der Waals surface area contributed by atoms with Gasteiger partial charge in [-0.1, -0.05) is 31.0 Å².